The molecule has 0 amide bonds. The van der Waals surface area contributed by atoms with Crippen molar-refractivity contribution in [3.8, 4) is 17.2 Å². The number of phenols is 3. The van der Waals surface area contributed by atoms with Crippen molar-refractivity contribution in [2.24, 2.45) is 11.7 Å². The molecule has 7 nitrogen and oxygen atoms in total. The van der Waals surface area contributed by atoms with Gasteiger partial charge in [-0.15, -0.1) is 0 Å². The highest BCUT2D eigenvalue weighted by Gasteiger charge is 2.14. The van der Waals surface area contributed by atoms with E-state index in [9.17, 15) is 15.3 Å². The average Bonchev–Trinajstić information content (AvgIpc) is 2.27. The number of benzene rings is 1. The van der Waals surface area contributed by atoms with Crippen LogP contribution in [-0.4, -0.2) is 38.2 Å². The van der Waals surface area contributed by atoms with Crippen molar-refractivity contribution in [3.05, 3.63) is 17.7 Å². The lowest BCUT2D eigenvalue weighted by Crippen LogP contribution is -2.40. The fourth-order valence-corrected chi connectivity index (χ4v) is 1.43. The number of hydrogen-bond acceptors (Lipinski definition) is 7. The number of aromatic hydroxyl groups is 3. The third-order valence-corrected chi connectivity index (χ3v) is 2.39. The summed E-state index contributed by atoms with van der Waals surface area (Å²) in [5.74, 6) is 8.95. The van der Waals surface area contributed by atoms with E-state index in [-0.39, 0.29) is 6.42 Å². The van der Waals surface area contributed by atoms with Crippen molar-refractivity contribution in [2.75, 3.05) is 6.54 Å². The van der Waals surface area contributed by atoms with Gasteiger partial charge in [-0.25, -0.2) is 0 Å². The van der Waals surface area contributed by atoms with E-state index in [0.29, 0.717) is 18.5 Å². The molecule has 8 N–H and O–H groups in total. The first-order valence-corrected chi connectivity index (χ1v) is 5.09. The fraction of sp³-hybridized carbons (Fsp3) is 0.400. The summed E-state index contributed by atoms with van der Waals surface area (Å²) < 4.78 is 0. The van der Waals surface area contributed by atoms with Crippen LogP contribution in [0.15, 0.2) is 12.1 Å². The summed E-state index contributed by atoms with van der Waals surface area (Å²) in [6.45, 7) is 0.298. The average molecular weight is 243 g/mol. The molecule has 1 aromatic carbocycles. The van der Waals surface area contributed by atoms with Crippen LogP contribution >= 0.6 is 0 Å². The summed E-state index contributed by atoms with van der Waals surface area (Å²) in [7, 11) is 0. The Hall–Kier alpha value is -1.54. The first-order chi connectivity index (χ1) is 7.91. The largest absolute Gasteiger partial charge is 0.504 e. The molecule has 0 spiro atoms. The molecule has 0 heterocycles. The molecule has 0 fully saturated rings. The lowest BCUT2D eigenvalue weighted by molar-refractivity contribution is 0.140. The summed E-state index contributed by atoms with van der Waals surface area (Å²) in [6, 6.07) is 2.67. The van der Waals surface area contributed by atoms with E-state index < -0.39 is 23.4 Å². The van der Waals surface area contributed by atoms with Gasteiger partial charge in [0.15, 0.2) is 11.5 Å². The predicted molar refractivity (Wildman–Crippen MR) is 60.8 cm³/mol. The van der Waals surface area contributed by atoms with Gasteiger partial charge in [0.1, 0.15) is 0 Å². The van der Waals surface area contributed by atoms with Gasteiger partial charge in [-0.2, -0.15) is 5.12 Å². The van der Waals surface area contributed by atoms with Crippen LogP contribution in [0.4, 0.5) is 0 Å². The second-order valence-corrected chi connectivity index (χ2v) is 3.83. The molecule has 0 radical (unpaired) electrons. The van der Waals surface area contributed by atoms with Gasteiger partial charge in [0.2, 0.25) is 5.75 Å². The van der Waals surface area contributed by atoms with Crippen molar-refractivity contribution < 1.29 is 20.4 Å². The number of nitrogens with zero attached hydrogens (tertiary/aromatic N) is 1. The molecule has 1 aromatic rings. The highest BCUT2D eigenvalue weighted by Crippen LogP contribution is 2.37. The quantitative estimate of drug-likeness (QED) is 0.225. The Morgan fingerprint density at radius 1 is 1.12 bits per heavy atom. The highest BCUT2D eigenvalue weighted by atomic mass is 16.3. The van der Waals surface area contributed by atoms with Crippen LogP contribution < -0.4 is 11.7 Å². The van der Waals surface area contributed by atoms with Crippen LogP contribution in [0.2, 0.25) is 0 Å². The van der Waals surface area contributed by atoms with Gasteiger partial charge in [0.05, 0.1) is 6.10 Å². The molecule has 96 valence electrons. The maximum absolute atomic E-state index is 9.64. The molecule has 0 saturated carbocycles. The summed E-state index contributed by atoms with van der Waals surface area (Å²) in [6.07, 6.45) is -0.291. The molecule has 0 bridgehead atoms. The Morgan fingerprint density at radius 2 is 1.76 bits per heavy atom. The molecule has 0 aliphatic heterocycles. The number of hydrazine groups is 2. The van der Waals surface area contributed by atoms with Crippen molar-refractivity contribution in [1.82, 2.24) is 5.12 Å². The zero-order valence-electron chi connectivity index (χ0n) is 9.24. The van der Waals surface area contributed by atoms with E-state index in [1.165, 1.54) is 12.1 Å². The van der Waals surface area contributed by atoms with Crippen LogP contribution in [-0.2, 0) is 6.42 Å². The second-order valence-electron chi connectivity index (χ2n) is 3.83. The molecular formula is C10H17N3O4. The van der Waals surface area contributed by atoms with Crippen LogP contribution in [0.1, 0.15) is 12.0 Å². The van der Waals surface area contributed by atoms with E-state index >= 15 is 0 Å². The van der Waals surface area contributed by atoms with Crippen molar-refractivity contribution >= 4 is 0 Å². The number of hydrogen-bond donors (Lipinski definition) is 6. The minimum atomic E-state index is -0.751. The SMILES string of the molecule is NN(N)CCC(O)Cc1ccc(O)c(O)c1O. The molecule has 1 rings (SSSR count). The Balaban J connectivity index is 2.65. The van der Waals surface area contributed by atoms with E-state index in [0.717, 1.165) is 5.12 Å². The van der Waals surface area contributed by atoms with Gasteiger partial charge in [0, 0.05) is 18.5 Å². The van der Waals surface area contributed by atoms with Crippen molar-refractivity contribution in [1.29, 1.82) is 0 Å². The Labute approximate surface area is 98.4 Å². The van der Waals surface area contributed by atoms with E-state index in [1.54, 1.807) is 0 Å². The maximum Gasteiger partial charge on any atom is 0.200 e. The van der Waals surface area contributed by atoms with Gasteiger partial charge in [-0.3, -0.25) is 11.7 Å². The molecule has 0 saturated heterocycles. The number of aliphatic hydroxyl groups is 1. The highest BCUT2D eigenvalue weighted by molar-refractivity contribution is 5.53. The summed E-state index contributed by atoms with van der Waals surface area (Å²) >= 11 is 0. The maximum atomic E-state index is 9.64. The third-order valence-electron chi connectivity index (χ3n) is 2.39. The molecule has 0 aliphatic rings. The second kappa shape index (κ2) is 5.69. The van der Waals surface area contributed by atoms with Crippen molar-refractivity contribution in [2.45, 2.75) is 18.9 Å². The monoisotopic (exact) mass is 243 g/mol. The number of phenolic OH excluding ortho intramolecular Hbond substituents is 3. The molecule has 1 unspecified atom stereocenters. The Bertz CT molecular complexity index is 384. The number of rotatable bonds is 5. The Morgan fingerprint density at radius 3 is 2.35 bits per heavy atom. The number of aliphatic hydroxyl groups excluding tert-OH is 1. The molecule has 1 atom stereocenters. The van der Waals surface area contributed by atoms with Crippen LogP contribution in [0, 0.1) is 0 Å². The Kier molecular flexibility index (Phi) is 4.53. The van der Waals surface area contributed by atoms with Crippen molar-refractivity contribution in [3.63, 3.8) is 0 Å². The molecule has 17 heavy (non-hydrogen) atoms. The van der Waals surface area contributed by atoms with Crippen LogP contribution in [0.25, 0.3) is 0 Å². The normalized spacial score (nSPS) is 12.9. The van der Waals surface area contributed by atoms with Gasteiger partial charge in [0.25, 0.3) is 0 Å². The summed E-state index contributed by atoms with van der Waals surface area (Å²) in [5.41, 5.74) is 0.341. The van der Waals surface area contributed by atoms with E-state index in [1.807, 2.05) is 0 Å². The molecule has 7 heteroatoms. The van der Waals surface area contributed by atoms with E-state index in [4.69, 9.17) is 16.8 Å². The third kappa shape index (κ3) is 3.75. The molecular weight excluding hydrogens is 226 g/mol. The van der Waals surface area contributed by atoms with Gasteiger partial charge >= 0.3 is 0 Å². The van der Waals surface area contributed by atoms with E-state index in [2.05, 4.69) is 0 Å². The topological polar surface area (TPSA) is 136 Å². The minimum Gasteiger partial charge on any atom is -0.504 e. The van der Waals surface area contributed by atoms with Gasteiger partial charge in [-0.1, -0.05) is 6.07 Å². The lowest BCUT2D eigenvalue weighted by atomic mass is 10.0. The van der Waals surface area contributed by atoms with Gasteiger partial charge < -0.3 is 20.4 Å². The summed E-state index contributed by atoms with van der Waals surface area (Å²) in [4.78, 5) is 0. The molecule has 0 aliphatic carbocycles. The number of nitrogens with two attached hydrogens (primary N) is 2. The lowest BCUT2D eigenvalue weighted by Gasteiger charge is -2.15. The summed E-state index contributed by atoms with van der Waals surface area (Å²) in [5, 5.41) is 38.5. The van der Waals surface area contributed by atoms with Crippen LogP contribution in [0.3, 0.4) is 0 Å². The predicted octanol–water partition coefficient (Wildman–Crippen LogP) is -0.854. The zero-order valence-corrected chi connectivity index (χ0v) is 9.24. The van der Waals surface area contributed by atoms with Crippen LogP contribution in [0.5, 0.6) is 17.2 Å². The smallest absolute Gasteiger partial charge is 0.200 e. The fourth-order valence-electron chi connectivity index (χ4n) is 1.43. The first-order valence-electron chi connectivity index (χ1n) is 5.09. The zero-order chi connectivity index (χ0) is 13.0. The van der Waals surface area contributed by atoms with Gasteiger partial charge in [-0.05, 0) is 12.5 Å². The standard InChI is InChI=1S/C10H17N3O4/c11-13(12)4-3-7(14)5-6-1-2-8(15)10(17)9(6)16/h1-2,7,14-17H,3-5,11-12H2. The molecule has 0 aromatic heterocycles. The first kappa shape index (κ1) is 13.5. The minimum absolute atomic E-state index is 0.132.